The minimum absolute atomic E-state index is 0.155. The summed E-state index contributed by atoms with van der Waals surface area (Å²) in [6.45, 7) is 3.43. The Morgan fingerprint density at radius 2 is 2.05 bits per heavy atom. The molecule has 4 heteroatoms. The lowest BCUT2D eigenvalue weighted by Gasteiger charge is -2.09. The van der Waals surface area contributed by atoms with Gasteiger partial charge in [-0.25, -0.2) is 9.13 Å². The summed E-state index contributed by atoms with van der Waals surface area (Å²) in [6.07, 6.45) is 6.02. The molecule has 4 nitrogen and oxygen atoms in total. The number of hydrogen-bond donors (Lipinski definition) is 0. The first-order valence-electron chi connectivity index (χ1n) is 7.03. The van der Waals surface area contributed by atoms with Crippen LogP contribution in [0.3, 0.4) is 0 Å². The van der Waals surface area contributed by atoms with Crippen molar-refractivity contribution in [1.82, 2.24) is 4.57 Å². The van der Waals surface area contributed by atoms with Gasteiger partial charge in [-0.15, -0.1) is 0 Å². The summed E-state index contributed by atoms with van der Waals surface area (Å²) in [4.78, 5) is 4.19. The van der Waals surface area contributed by atoms with Crippen molar-refractivity contribution in [3.05, 3.63) is 54.1 Å². The first-order chi connectivity index (χ1) is 9.72. The average Bonchev–Trinajstić information content (AvgIpc) is 2.84. The van der Waals surface area contributed by atoms with Crippen molar-refractivity contribution in [2.24, 2.45) is 12.0 Å². The fraction of sp³-hybridized carbons (Fsp3) is 0.375. The van der Waals surface area contributed by atoms with E-state index in [0.717, 1.165) is 24.9 Å². The molecule has 0 amide bonds. The maximum absolute atomic E-state index is 12.3. The Labute approximate surface area is 120 Å². The molecule has 2 rings (SSSR count). The fourth-order valence-electron chi connectivity index (χ4n) is 2.12. The van der Waals surface area contributed by atoms with Crippen LogP contribution in [0.1, 0.15) is 31.2 Å². The third-order valence-electron chi connectivity index (χ3n) is 3.27. The van der Waals surface area contributed by atoms with Gasteiger partial charge >= 0.3 is 0 Å². The zero-order valence-electron chi connectivity index (χ0n) is 12.1. The second-order valence-electron chi connectivity index (χ2n) is 4.89. The number of imidazole rings is 1. The molecule has 0 N–H and O–H groups in total. The van der Waals surface area contributed by atoms with Crippen molar-refractivity contribution in [2.45, 2.75) is 32.9 Å². The van der Waals surface area contributed by atoms with E-state index in [0.29, 0.717) is 12.4 Å². The molecule has 1 aromatic carbocycles. The Bertz CT molecular complexity index is 573. The Hall–Kier alpha value is -2.10. The van der Waals surface area contributed by atoms with Crippen LogP contribution in [-0.4, -0.2) is 10.5 Å². The smallest absolute Gasteiger partial charge is 0.291 e. The summed E-state index contributed by atoms with van der Waals surface area (Å²) in [5.74, 6) is 0.492. The molecular weight excluding hydrogens is 250 g/mol. The lowest BCUT2D eigenvalue weighted by Crippen LogP contribution is -2.40. The van der Waals surface area contributed by atoms with Crippen molar-refractivity contribution >= 4 is 5.90 Å². The van der Waals surface area contributed by atoms with Crippen LogP contribution in [-0.2, 0) is 20.1 Å². The number of aryl methyl sites for hydroxylation is 2. The van der Waals surface area contributed by atoms with Crippen LogP contribution in [0, 0.1) is 0 Å². The lowest BCUT2D eigenvalue weighted by atomic mass is 10.2. The molecule has 2 aromatic rings. The van der Waals surface area contributed by atoms with Crippen molar-refractivity contribution < 1.29 is 9.67 Å². The van der Waals surface area contributed by atoms with Gasteiger partial charge in [-0.05, 0) is 12.0 Å². The third kappa shape index (κ3) is 3.47. The molecule has 0 bridgehead atoms. The largest absolute Gasteiger partial charge is 0.853 e. The van der Waals surface area contributed by atoms with E-state index in [9.17, 15) is 5.11 Å². The number of rotatable bonds is 6. The number of aliphatic imine (C=N–C) groups is 1. The molecule has 0 fully saturated rings. The molecular formula is C16H21N3O. The van der Waals surface area contributed by atoms with Gasteiger partial charge in [0.1, 0.15) is 12.4 Å². The number of aromatic nitrogens is 2. The van der Waals surface area contributed by atoms with Crippen molar-refractivity contribution in [3.8, 4) is 0 Å². The highest BCUT2D eigenvalue weighted by atomic mass is 16.3. The quantitative estimate of drug-likeness (QED) is 0.445. The lowest BCUT2D eigenvalue weighted by molar-refractivity contribution is -0.674. The van der Waals surface area contributed by atoms with E-state index in [1.165, 1.54) is 0 Å². The van der Waals surface area contributed by atoms with E-state index >= 15 is 0 Å². The van der Waals surface area contributed by atoms with E-state index < -0.39 is 0 Å². The zero-order valence-corrected chi connectivity index (χ0v) is 12.1. The van der Waals surface area contributed by atoms with Gasteiger partial charge in [-0.3, -0.25) is 4.99 Å². The first kappa shape index (κ1) is 14.3. The van der Waals surface area contributed by atoms with Crippen LogP contribution in [0.4, 0.5) is 0 Å². The Morgan fingerprint density at radius 3 is 2.75 bits per heavy atom. The first-order valence-corrected chi connectivity index (χ1v) is 7.03. The van der Waals surface area contributed by atoms with Gasteiger partial charge in [0.15, 0.2) is 0 Å². The minimum Gasteiger partial charge on any atom is -0.853 e. The summed E-state index contributed by atoms with van der Waals surface area (Å²) in [5.41, 5.74) is 1.05. The molecule has 0 unspecified atom stereocenters. The molecule has 0 saturated carbocycles. The van der Waals surface area contributed by atoms with Crippen molar-refractivity contribution in [2.75, 3.05) is 0 Å². The standard InChI is InChI=1S/C16H21N3O/c1-3-4-10-19-12-11-18(2)16(19)15(20)17-13-14-8-6-5-7-9-14/h5-9,11-12H,3-4,10,13H2,1-2H3. The second-order valence-corrected chi connectivity index (χ2v) is 4.89. The number of nitrogens with zero attached hydrogens (tertiary/aromatic N) is 3. The molecule has 0 atom stereocenters. The van der Waals surface area contributed by atoms with Gasteiger partial charge in [-0.1, -0.05) is 43.7 Å². The molecule has 0 aliphatic carbocycles. The van der Waals surface area contributed by atoms with Gasteiger partial charge in [-0.2, -0.15) is 0 Å². The van der Waals surface area contributed by atoms with Crippen LogP contribution >= 0.6 is 0 Å². The molecule has 1 heterocycles. The van der Waals surface area contributed by atoms with Crippen molar-refractivity contribution in [1.29, 1.82) is 0 Å². The summed E-state index contributed by atoms with van der Waals surface area (Å²) in [6, 6.07) is 9.83. The molecule has 0 radical (unpaired) electrons. The number of unbranched alkanes of at least 4 members (excludes halogenated alkanes) is 1. The van der Waals surface area contributed by atoms with Gasteiger partial charge in [0.25, 0.3) is 5.82 Å². The molecule has 0 saturated heterocycles. The maximum Gasteiger partial charge on any atom is 0.291 e. The Morgan fingerprint density at radius 1 is 1.30 bits per heavy atom. The third-order valence-corrected chi connectivity index (χ3v) is 3.27. The van der Waals surface area contributed by atoms with Crippen LogP contribution in [0.5, 0.6) is 0 Å². The predicted octanol–water partition coefficient (Wildman–Crippen LogP) is 1.42. The van der Waals surface area contributed by atoms with Gasteiger partial charge in [0.2, 0.25) is 0 Å². The van der Waals surface area contributed by atoms with E-state index in [4.69, 9.17) is 0 Å². The van der Waals surface area contributed by atoms with Gasteiger partial charge in [0, 0.05) is 0 Å². The van der Waals surface area contributed by atoms with Gasteiger partial charge in [0.05, 0.1) is 26.0 Å². The zero-order chi connectivity index (χ0) is 14.4. The highest BCUT2D eigenvalue weighted by molar-refractivity contribution is 5.85. The summed E-state index contributed by atoms with van der Waals surface area (Å²) in [7, 11) is 1.88. The monoisotopic (exact) mass is 271 g/mol. The molecule has 106 valence electrons. The van der Waals surface area contributed by atoms with E-state index in [-0.39, 0.29) is 5.90 Å². The predicted molar refractivity (Wildman–Crippen MR) is 77.2 cm³/mol. The van der Waals surface area contributed by atoms with Crippen LogP contribution < -0.4 is 9.67 Å². The minimum atomic E-state index is -0.155. The fourth-order valence-corrected chi connectivity index (χ4v) is 2.12. The maximum atomic E-state index is 12.3. The summed E-state index contributed by atoms with van der Waals surface area (Å²) in [5, 5.41) is 12.3. The summed E-state index contributed by atoms with van der Waals surface area (Å²) >= 11 is 0. The highest BCUT2D eigenvalue weighted by Gasteiger charge is 2.14. The van der Waals surface area contributed by atoms with Gasteiger partial charge < -0.3 is 5.11 Å². The van der Waals surface area contributed by atoms with E-state index in [1.54, 1.807) is 0 Å². The highest BCUT2D eigenvalue weighted by Crippen LogP contribution is 2.03. The Balaban J connectivity index is 2.15. The summed E-state index contributed by atoms with van der Waals surface area (Å²) < 4.78 is 3.83. The Kier molecular flexibility index (Phi) is 4.93. The van der Waals surface area contributed by atoms with Crippen molar-refractivity contribution in [3.63, 3.8) is 0 Å². The van der Waals surface area contributed by atoms with Crippen LogP contribution in [0.25, 0.3) is 0 Å². The average molecular weight is 271 g/mol. The number of hydrogen-bond acceptors (Lipinski definition) is 2. The van der Waals surface area contributed by atoms with Crippen LogP contribution in [0.15, 0.2) is 47.7 Å². The topological polar surface area (TPSA) is 44.2 Å². The molecule has 20 heavy (non-hydrogen) atoms. The van der Waals surface area contributed by atoms with E-state index in [1.807, 2.05) is 58.9 Å². The number of benzene rings is 1. The van der Waals surface area contributed by atoms with Crippen LogP contribution in [0.2, 0.25) is 0 Å². The second kappa shape index (κ2) is 6.89. The molecule has 1 aromatic heterocycles. The molecule has 0 spiro atoms. The SMILES string of the molecule is CCCCn1cc[n+](C)c1C([O-])=NCc1ccccc1. The normalized spacial score (nSPS) is 11.8. The molecule has 0 aliphatic rings. The van der Waals surface area contributed by atoms with E-state index in [2.05, 4.69) is 11.9 Å². The molecule has 0 aliphatic heterocycles.